The molecule has 0 aliphatic carbocycles. The molecule has 0 amide bonds. The van der Waals surface area contributed by atoms with Gasteiger partial charge in [0.05, 0.1) is 5.97 Å². The van der Waals surface area contributed by atoms with Gasteiger partial charge in [0, 0.05) is 6.54 Å². The van der Waals surface area contributed by atoms with Crippen molar-refractivity contribution in [3.05, 3.63) is 12.2 Å². The summed E-state index contributed by atoms with van der Waals surface area (Å²) in [6.45, 7) is 9.41. The maximum Gasteiger partial charge on any atom is 1.00 e. The van der Waals surface area contributed by atoms with E-state index in [2.05, 4.69) is 6.58 Å². The van der Waals surface area contributed by atoms with Gasteiger partial charge in [0.15, 0.2) is 0 Å². The van der Waals surface area contributed by atoms with Crippen LogP contribution in [0.2, 0.25) is 0 Å². The second-order valence-electron chi connectivity index (χ2n) is 2.35. The molecule has 0 unspecified atom stereocenters. The Morgan fingerprint density at radius 1 is 1.42 bits per heavy atom. The van der Waals surface area contributed by atoms with Crippen LogP contribution in [-0.2, 0) is 4.79 Å². The largest absolute Gasteiger partial charge is 1.00 e. The molecule has 0 spiro atoms. The van der Waals surface area contributed by atoms with Crippen LogP contribution in [0.5, 0.6) is 0 Å². The van der Waals surface area contributed by atoms with Crippen molar-refractivity contribution < 1.29 is 61.3 Å². The van der Waals surface area contributed by atoms with Crippen molar-refractivity contribution in [1.29, 1.82) is 0 Å². The van der Waals surface area contributed by atoms with Crippen LogP contribution in [0.15, 0.2) is 12.2 Å². The van der Waals surface area contributed by atoms with E-state index >= 15 is 0 Å². The molecule has 64 valence electrons. The van der Waals surface area contributed by atoms with Gasteiger partial charge in [-0.15, -0.1) is 0 Å². The quantitative estimate of drug-likeness (QED) is 0.340. The third-order valence-corrected chi connectivity index (χ3v) is 1.60. The number of carbonyl (C=O) groups is 1. The summed E-state index contributed by atoms with van der Waals surface area (Å²) in [5.41, 5.74) is 0.147. The Hall–Kier alpha value is 0.806. The fourth-order valence-corrected chi connectivity index (χ4v) is 0.782. The molecule has 0 aromatic carbocycles. The summed E-state index contributed by atoms with van der Waals surface area (Å²) in [7, 11) is 0. The average Bonchev–Trinajstić information content (AvgIpc) is 1.99. The van der Waals surface area contributed by atoms with E-state index in [1.807, 2.05) is 18.7 Å². The first-order valence-electron chi connectivity index (χ1n) is 3.73. The minimum absolute atomic E-state index is 0. The molecule has 0 N–H and O–H groups in total. The van der Waals surface area contributed by atoms with E-state index in [1.165, 1.54) is 0 Å². The number of carboxylic acid groups (broad SMARTS) is 1. The second-order valence-corrected chi connectivity index (χ2v) is 2.35. The zero-order chi connectivity index (χ0) is 8.85. The van der Waals surface area contributed by atoms with Gasteiger partial charge in [-0.3, -0.25) is 4.90 Å². The van der Waals surface area contributed by atoms with Crippen molar-refractivity contribution in [3.8, 4) is 0 Å². The van der Waals surface area contributed by atoms with Crippen LogP contribution in [0.4, 0.5) is 0 Å². The molecule has 0 radical (unpaired) electrons. The topological polar surface area (TPSA) is 43.4 Å². The summed E-state index contributed by atoms with van der Waals surface area (Å²) < 4.78 is 0. The molecule has 0 rings (SSSR count). The van der Waals surface area contributed by atoms with Gasteiger partial charge in [0.25, 0.3) is 0 Å². The maximum absolute atomic E-state index is 10.2. The number of aliphatic carboxylic acids is 1. The smallest absolute Gasteiger partial charge is 0.545 e. The Morgan fingerprint density at radius 2 is 1.83 bits per heavy atom. The molecule has 0 aromatic heterocycles. The van der Waals surface area contributed by atoms with Crippen LogP contribution in [0.25, 0.3) is 0 Å². The molecule has 0 bridgehead atoms. The molecule has 0 fully saturated rings. The van der Waals surface area contributed by atoms with Gasteiger partial charge >= 0.3 is 51.4 Å². The molecular formula is C8H14KNO2. The van der Waals surface area contributed by atoms with Crippen molar-refractivity contribution in [1.82, 2.24) is 4.90 Å². The minimum Gasteiger partial charge on any atom is -0.545 e. The fourth-order valence-electron chi connectivity index (χ4n) is 0.782. The van der Waals surface area contributed by atoms with Crippen LogP contribution >= 0.6 is 0 Å². The van der Waals surface area contributed by atoms with Gasteiger partial charge in [0.1, 0.15) is 0 Å². The number of nitrogens with zero attached hydrogens (tertiary/aromatic N) is 1. The first-order valence-corrected chi connectivity index (χ1v) is 3.73. The van der Waals surface area contributed by atoms with E-state index in [4.69, 9.17) is 0 Å². The predicted molar refractivity (Wildman–Crippen MR) is 41.9 cm³/mol. The van der Waals surface area contributed by atoms with Crippen LogP contribution in [0, 0.1) is 0 Å². The number of likely N-dealkylation sites (N-methyl/N-ethyl adjacent to an activating group) is 1. The average molecular weight is 195 g/mol. The Labute approximate surface area is 116 Å². The van der Waals surface area contributed by atoms with Crippen molar-refractivity contribution in [3.63, 3.8) is 0 Å². The van der Waals surface area contributed by atoms with Crippen molar-refractivity contribution in [2.45, 2.75) is 13.8 Å². The molecule has 3 nitrogen and oxygen atoms in total. The molecule has 0 aliphatic heterocycles. The van der Waals surface area contributed by atoms with Gasteiger partial charge in [-0.05, 0) is 18.7 Å². The van der Waals surface area contributed by atoms with Crippen molar-refractivity contribution in [2.75, 3.05) is 19.6 Å². The minimum atomic E-state index is -1.16. The van der Waals surface area contributed by atoms with Gasteiger partial charge in [0.2, 0.25) is 0 Å². The maximum atomic E-state index is 10.2. The normalized spacial score (nSPS) is 9.25. The third-order valence-electron chi connectivity index (χ3n) is 1.60. The molecule has 4 heteroatoms. The number of hydrogen-bond acceptors (Lipinski definition) is 3. The van der Waals surface area contributed by atoms with Crippen LogP contribution in [-0.4, -0.2) is 30.5 Å². The predicted octanol–water partition coefficient (Wildman–Crippen LogP) is -3.36. The van der Waals surface area contributed by atoms with E-state index in [-0.39, 0.29) is 57.0 Å². The van der Waals surface area contributed by atoms with E-state index < -0.39 is 5.97 Å². The summed E-state index contributed by atoms with van der Waals surface area (Å²) >= 11 is 0. The Kier molecular flexibility index (Phi) is 10.7. The van der Waals surface area contributed by atoms with E-state index in [9.17, 15) is 9.90 Å². The molecule has 12 heavy (non-hydrogen) atoms. The summed E-state index contributed by atoms with van der Waals surface area (Å²) in [5.74, 6) is -1.16. The molecule has 0 atom stereocenters. The van der Waals surface area contributed by atoms with Gasteiger partial charge in [-0.25, -0.2) is 0 Å². The van der Waals surface area contributed by atoms with Gasteiger partial charge in [-0.1, -0.05) is 20.4 Å². The Bertz CT molecular complexity index is 155. The number of hydrogen-bond donors (Lipinski definition) is 0. The van der Waals surface area contributed by atoms with Gasteiger partial charge < -0.3 is 9.90 Å². The number of carboxylic acids is 1. The van der Waals surface area contributed by atoms with Gasteiger partial charge in [-0.2, -0.15) is 0 Å². The second kappa shape index (κ2) is 8.41. The number of carbonyl (C=O) groups excluding carboxylic acids is 1. The fraction of sp³-hybridized carbons (Fsp3) is 0.625. The van der Waals surface area contributed by atoms with E-state index in [0.29, 0.717) is 6.54 Å². The number of rotatable bonds is 5. The third kappa shape index (κ3) is 6.34. The van der Waals surface area contributed by atoms with Crippen LogP contribution in [0.1, 0.15) is 13.8 Å². The zero-order valence-corrected chi connectivity index (χ0v) is 11.2. The van der Waals surface area contributed by atoms with E-state index in [1.54, 1.807) is 0 Å². The summed E-state index contributed by atoms with van der Waals surface area (Å²) in [6.07, 6.45) is 0. The first-order chi connectivity index (χ1) is 5.11. The van der Waals surface area contributed by atoms with Crippen molar-refractivity contribution in [2.24, 2.45) is 0 Å². The monoisotopic (exact) mass is 195 g/mol. The van der Waals surface area contributed by atoms with Crippen LogP contribution in [0.3, 0.4) is 0 Å². The SMILES string of the molecule is C=C(CN(CC)CC)C(=O)[O-].[K+]. The zero-order valence-electron chi connectivity index (χ0n) is 8.09. The van der Waals surface area contributed by atoms with Crippen molar-refractivity contribution >= 4 is 5.97 Å². The Balaban J connectivity index is 0. The summed E-state index contributed by atoms with van der Waals surface area (Å²) in [4.78, 5) is 12.2. The molecule has 0 saturated heterocycles. The van der Waals surface area contributed by atoms with E-state index in [0.717, 1.165) is 13.1 Å². The molecule has 0 heterocycles. The summed E-state index contributed by atoms with van der Waals surface area (Å²) in [6, 6.07) is 0. The van der Waals surface area contributed by atoms with Crippen LogP contribution < -0.4 is 56.5 Å². The molecular weight excluding hydrogens is 181 g/mol. The standard InChI is InChI=1S/C8H15NO2.K/c1-4-9(5-2)6-7(3)8(10)11;/h3-6H2,1-2H3,(H,10,11);/q;+1/p-1. The first kappa shape index (κ1) is 15.3. The Morgan fingerprint density at radius 3 is 2.08 bits per heavy atom. The molecule has 0 aromatic rings. The molecule has 0 aliphatic rings. The summed E-state index contributed by atoms with van der Waals surface area (Å²) in [5, 5.41) is 10.2. The molecule has 0 saturated carbocycles.